The van der Waals surface area contributed by atoms with E-state index in [0.717, 1.165) is 25.0 Å². The molecular formula is C14H18F2O4. The summed E-state index contributed by atoms with van der Waals surface area (Å²) < 4.78 is 41.8. The van der Waals surface area contributed by atoms with Crippen molar-refractivity contribution < 1.29 is 28.1 Å². The highest BCUT2D eigenvalue weighted by molar-refractivity contribution is 5.24. The Bertz CT molecular complexity index is 422. The molecule has 1 aromatic carbocycles. The van der Waals surface area contributed by atoms with Crippen LogP contribution in [0.5, 0.6) is 5.75 Å². The Hall–Kier alpha value is -1.24. The van der Waals surface area contributed by atoms with Crippen LogP contribution in [0.4, 0.5) is 8.78 Å². The van der Waals surface area contributed by atoms with Gasteiger partial charge in [0, 0.05) is 19.3 Å². The topological polar surface area (TPSA) is 47.9 Å². The second kappa shape index (κ2) is 7.52. The molecule has 0 saturated carbocycles. The molecule has 2 rings (SSSR count). The number of ether oxygens (including phenoxy) is 3. The van der Waals surface area contributed by atoms with Crippen molar-refractivity contribution in [2.24, 2.45) is 0 Å². The Labute approximate surface area is 116 Å². The van der Waals surface area contributed by atoms with Gasteiger partial charge in [-0.25, -0.2) is 8.78 Å². The fourth-order valence-corrected chi connectivity index (χ4v) is 1.92. The normalized spacial score (nSPS) is 17.9. The maximum absolute atomic E-state index is 13.3. The van der Waals surface area contributed by atoms with Crippen LogP contribution in [0.15, 0.2) is 18.2 Å². The molecule has 0 radical (unpaired) electrons. The van der Waals surface area contributed by atoms with Crippen LogP contribution in [0, 0.1) is 11.6 Å². The molecule has 1 heterocycles. The standard InChI is InChI=1S/C14H18F2O4/c15-10-1-2-14(13(16)7-10)20-9-11(17)8-19-12-3-5-18-6-4-12/h1-2,7,11-12,17H,3-6,8-9H2/t11-/m1/s1. The number of halogens is 2. The molecule has 0 amide bonds. The zero-order chi connectivity index (χ0) is 14.4. The van der Waals surface area contributed by atoms with Crippen LogP contribution < -0.4 is 4.74 Å². The first-order chi connectivity index (χ1) is 9.65. The van der Waals surface area contributed by atoms with E-state index >= 15 is 0 Å². The maximum Gasteiger partial charge on any atom is 0.167 e. The van der Waals surface area contributed by atoms with Gasteiger partial charge in [0.05, 0.1) is 12.7 Å². The Kier molecular flexibility index (Phi) is 5.70. The predicted octanol–water partition coefficient (Wildman–Crippen LogP) is 1.90. The monoisotopic (exact) mass is 288 g/mol. The van der Waals surface area contributed by atoms with Crippen molar-refractivity contribution >= 4 is 0 Å². The summed E-state index contributed by atoms with van der Waals surface area (Å²) >= 11 is 0. The maximum atomic E-state index is 13.3. The molecule has 0 aromatic heterocycles. The molecule has 0 spiro atoms. The molecule has 4 nitrogen and oxygen atoms in total. The summed E-state index contributed by atoms with van der Waals surface area (Å²) in [7, 11) is 0. The lowest BCUT2D eigenvalue weighted by atomic mass is 10.1. The van der Waals surface area contributed by atoms with Crippen LogP contribution in [0.3, 0.4) is 0 Å². The van der Waals surface area contributed by atoms with Gasteiger partial charge in [0.2, 0.25) is 0 Å². The van der Waals surface area contributed by atoms with E-state index in [0.29, 0.717) is 13.2 Å². The van der Waals surface area contributed by atoms with Gasteiger partial charge < -0.3 is 19.3 Å². The summed E-state index contributed by atoms with van der Waals surface area (Å²) in [5.74, 6) is -1.54. The van der Waals surface area contributed by atoms with Crippen molar-refractivity contribution in [3.63, 3.8) is 0 Å². The van der Waals surface area contributed by atoms with Crippen LogP contribution in [-0.2, 0) is 9.47 Å². The summed E-state index contributed by atoms with van der Waals surface area (Å²) in [6.45, 7) is 1.34. The minimum Gasteiger partial charge on any atom is -0.488 e. The molecule has 1 atom stereocenters. The highest BCUT2D eigenvalue weighted by Gasteiger charge is 2.16. The van der Waals surface area contributed by atoms with Gasteiger partial charge in [-0.3, -0.25) is 0 Å². The third kappa shape index (κ3) is 4.70. The Morgan fingerprint density at radius 3 is 2.70 bits per heavy atom. The molecular weight excluding hydrogens is 270 g/mol. The van der Waals surface area contributed by atoms with Crippen molar-refractivity contribution in [1.82, 2.24) is 0 Å². The smallest absolute Gasteiger partial charge is 0.167 e. The minimum atomic E-state index is -0.859. The van der Waals surface area contributed by atoms with Crippen LogP contribution in [0.25, 0.3) is 0 Å². The first-order valence-corrected chi connectivity index (χ1v) is 6.60. The van der Waals surface area contributed by atoms with Gasteiger partial charge in [0.15, 0.2) is 11.6 Å². The van der Waals surface area contributed by atoms with Crippen LogP contribution in [0.1, 0.15) is 12.8 Å². The van der Waals surface area contributed by atoms with Crippen molar-refractivity contribution in [3.8, 4) is 5.75 Å². The fourth-order valence-electron chi connectivity index (χ4n) is 1.92. The number of hydrogen-bond donors (Lipinski definition) is 1. The van der Waals surface area contributed by atoms with Gasteiger partial charge >= 0.3 is 0 Å². The van der Waals surface area contributed by atoms with Crippen LogP contribution in [-0.4, -0.2) is 43.7 Å². The molecule has 6 heteroatoms. The molecule has 0 aliphatic carbocycles. The average Bonchev–Trinajstić information content (AvgIpc) is 2.45. The Morgan fingerprint density at radius 2 is 2.00 bits per heavy atom. The summed E-state index contributed by atoms with van der Waals surface area (Å²) in [6.07, 6.45) is 0.837. The second-order valence-electron chi connectivity index (χ2n) is 4.68. The molecule has 1 aromatic rings. The predicted molar refractivity (Wildman–Crippen MR) is 67.7 cm³/mol. The first-order valence-electron chi connectivity index (χ1n) is 6.60. The van der Waals surface area contributed by atoms with E-state index in [2.05, 4.69) is 0 Å². The highest BCUT2D eigenvalue weighted by Crippen LogP contribution is 2.18. The molecule has 1 aliphatic rings. The number of hydrogen-bond acceptors (Lipinski definition) is 4. The van der Waals surface area contributed by atoms with E-state index in [4.69, 9.17) is 14.2 Å². The van der Waals surface area contributed by atoms with Gasteiger partial charge in [0.25, 0.3) is 0 Å². The van der Waals surface area contributed by atoms with Crippen molar-refractivity contribution in [3.05, 3.63) is 29.8 Å². The minimum absolute atomic E-state index is 0.0842. The number of aliphatic hydroxyl groups is 1. The quantitative estimate of drug-likeness (QED) is 0.868. The molecule has 1 aliphatic heterocycles. The van der Waals surface area contributed by atoms with Gasteiger partial charge in [-0.2, -0.15) is 0 Å². The zero-order valence-corrected chi connectivity index (χ0v) is 11.1. The van der Waals surface area contributed by atoms with E-state index in [-0.39, 0.29) is 25.1 Å². The molecule has 112 valence electrons. The lowest BCUT2D eigenvalue weighted by Gasteiger charge is -2.23. The van der Waals surface area contributed by atoms with Gasteiger partial charge in [-0.1, -0.05) is 0 Å². The van der Waals surface area contributed by atoms with Gasteiger partial charge in [-0.05, 0) is 25.0 Å². The number of rotatable bonds is 6. The molecule has 1 fully saturated rings. The third-order valence-corrected chi connectivity index (χ3v) is 3.02. The van der Waals surface area contributed by atoms with E-state index in [1.54, 1.807) is 0 Å². The summed E-state index contributed by atoms with van der Waals surface area (Å²) in [4.78, 5) is 0. The first kappa shape index (κ1) is 15.2. The van der Waals surface area contributed by atoms with Gasteiger partial charge in [-0.15, -0.1) is 0 Å². The lowest BCUT2D eigenvalue weighted by molar-refractivity contribution is -0.0661. The zero-order valence-electron chi connectivity index (χ0n) is 11.1. The van der Waals surface area contributed by atoms with Crippen LogP contribution >= 0.6 is 0 Å². The van der Waals surface area contributed by atoms with E-state index in [1.807, 2.05) is 0 Å². The van der Waals surface area contributed by atoms with Gasteiger partial charge in [0.1, 0.15) is 18.5 Å². The SMILES string of the molecule is O[C@@H](COc1ccc(F)cc1F)COC1CCOCC1. The van der Waals surface area contributed by atoms with Crippen molar-refractivity contribution in [2.45, 2.75) is 25.0 Å². The van der Waals surface area contributed by atoms with Crippen LogP contribution in [0.2, 0.25) is 0 Å². The number of benzene rings is 1. The molecule has 1 saturated heterocycles. The average molecular weight is 288 g/mol. The number of aliphatic hydroxyl groups excluding tert-OH is 1. The summed E-state index contributed by atoms with van der Waals surface area (Å²) in [5, 5.41) is 9.71. The summed E-state index contributed by atoms with van der Waals surface area (Å²) in [6, 6.07) is 3.03. The second-order valence-corrected chi connectivity index (χ2v) is 4.68. The van der Waals surface area contributed by atoms with Crippen molar-refractivity contribution in [2.75, 3.05) is 26.4 Å². The highest BCUT2D eigenvalue weighted by atomic mass is 19.1. The molecule has 0 bridgehead atoms. The molecule has 1 N–H and O–H groups in total. The summed E-state index contributed by atoms with van der Waals surface area (Å²) in [5.41, 5.74) is 0. The lowest BCUT2D eigenvalue weighted by Crippen LogP contribution is -2.30. The van der Waals surface area contributed by atoms with E-state index < -0.39 is 17.7 Å². The molecule has 0 unspecified atom stereocenters. The van der Waals surface area contributed by atoms with E-state index in [1.165, 1.54) is 6.07 Å². The Morgan fingerprint density at radius 1 is 1.25 bits per heavy atom. The Balaban J connectivity index is 1.70. The largest absolute Gasteiger partial charge is 0.488 e. The fraction of sp³-hybridized carbons (Fsp3) is 0.571. The molecule has 20 heavy (non-hydrogen) atoms. The van der Waals surface area contributed by atoms with E-state index in [9.17, 15) is 13.9 Å². The van der Waals surface area contributed by atoms with Crippen molar-refractivity contribution in [1.29, 1.82) is 0 Å². The third-order valence-electron chi connectivity index (χ3n) is 3.02.